The van der Waals surface area contributed by atoms with Crippen LogP contribution in [0, 0.1) is 0 Å². The van der Waals surface area contributed by atoms with E-state index in [-0.39, 0.29) is 23.7 Å². The molecule has 0 bridgehead atoms. The van der Waals surface area contributed by atoms with E-state index in [0.29, 0.717) is 29.7 Å². The molecule has 2 amide bonds. The first-order valence-electron chi connectivity index (χ1n) is 11.4. The lowest BCUT2D eigenvalue weighted by Gasteiger charge is -2.16. The van der Waals surface area contributed by atoms with Crippen LogP contribution in [0.5, 0.6) is 17.4 Å². The highest BCUT2D eigenvalue weighted by Crippen LogP contribution is 2.31. The SMILES string of the molecule is C=CC(=O)Nc1cccc(Oc2nc(Nc3ccc(NC4CCN(C(C)=O)C4)cc3)ncc2OC)c1. The lowest BCUT2D eigenvalue weighted by molar-refractivity contribution is -0.127. The Labute approximate surface area is 209 Å². The van der Waals surface area contributed by atoms with Crippen molar-refractivity contribution in [2.24, 2.45) is 0 Å². The maximum absolute atomic E-state index is 11.6. The summed E-state index contributed by atoms with van der Waals surface area (Å²) in [7, 11) is 1.51. The summed E-state index contributed by atoms with van der Waals surface area (Å²) in [4.78, 5) is 33.7. The summed E-state index contributed by atoms with van der Waals surface area (Å²) in [5, 5.41) is 9.32. The Morgan fingerprint density at radius 1 is 1.14 bits per heavy atom. The van der Waals surface area contributed by atoms with Gasteiger partial charge in [-0.1, -0.05) is 12.6 Å². The van der Waals surface area contributed by atoms with Crippen LogP contribution in [0.25, 0.3) is 0 Å². The Morgan fingerprint density at radius 3 is 2.61 bits per heavy atom. The summed E-state index contributed by atoms with van der Waals surface area (Å²) in [6.07, 6.45) is 3.63. The fourth-order valence-electron chi connectivity index (χ4n) is 3.75. The van der Waals surface area contributed by atoms with Gasteiger partial charge >= 0.3 is 0 Å². The summed E-state index contributed by atoms with van der Waals surface area (Å²) in [6.45, 7) is 6.54. The number of amides is 2. The standard InChI is InChI=1S/C26H28N6O4/c1-4-24(34)29-20-6-5-7-22(14-20)36-25-23(35-3)15-27-26(31-25)30-19-10-8-18(9-11-19)28-21-12-13-32(16-21)17(2)33/h4-11,14-15,21,28H,1,12-13,16H2,2-3H3,(H,29,34)(H,27,30,31). The molecule has 1 atom stereocenters. The summed E-state index contributed by atoms with van der Waals surface area (Å²) in [5.74, 6) is 1.16. The number of benzene rings is 2. The first-order chi connectivity index (χ1) is 17.4. The van der Waals surface area contributed by atoms with E-state index in [4.69, 9.17) is 9.47 Å². The van der Waals surface area contributed by atoms with E-state index >= 15 is 0 Å². The summed E-state index contributed by atoms with van der Waals surface area (Å²) >= 11 is 0. The number of nitrogens with zero attached hydrogens (tertiary/aromatic N) is 3. The zero-order valence-corrected chi connectivity index (χ0v) is 20.2. The molecule has 3 aromatic rings. The average molecular weight is 489 g/mol. The highest BCUT2D eigenvalue weighted by atomic mass is 16.5. The number of hydrogen-bond donors (Lipinski definition) is 3. The molecule has 36 heavy (non-hydrogen) atoms. The average Bonchev–Trinajstić information content (AvgIpc) is 3.34. The molecule has 0 spiro atoms. The van der Waals surface area contributed by atoms with Gasteiger partial charge in [-0.2, -0.15) is 4.98 Å². The molecule has 3 N–H and O–H groups in total. The maximum Gasteiger partial charge on any atom is 0.267 e. The number of anilines is 4. The van der Waals surface area contributed by atoms with Gasteiger partial charge in [-0.25, -0.2) is 4.98 Å². The van der Waals surface area contributed by atoms with Gasteiger partial charge < -0.3 is 30.3 Å². The molecule has 1 fully saturated rings. The fourth-order valence-corrected chi connectivity index (χ4v) is 3.75. The van der Waals surface area contributed by atoms with Crippen LogP contribution in [0.3, 0.4) is 0 Å². The number of likely N-dealkylation sites (tertiary alicyclic amines) is 1. The van der Waals surface area contributed by atoms with Crippen molar-refractivity contribution in [3.63, 3.8) is 0 Å². The van der Waals surface area contributed by atoms with E-state index in [1.54, 1.807) is 31.2 Å². The van der Waals surface area contributed by atoms with Crippen LogP contribution >= 0.6 is 0 Å². The topological polar surface area (TPSA) is 118 Å². The van der Waals surface area contributed by atoms with Gasteiger partial charge in [-0.05, 0) is 48.9 Å². The monoisotopic (exact) mass is 488 g/mol. The third-order valence-electron chi connectivity index (χ3n) is 5.59. The first-order valence-corrected chi connectivity index (χ1v) is 11.4. The largest absolute Gasteiger partial charge is 0.490 e. The Morgan fingerprint density at radius 2 is 1.92 bits per heavy atom. The Hall–Kier alpha value is -4.60. The van der Waals surface area contributed by atoms with Crippen LogP contribution in [-0.2, 0) is 9.59 Å². The van der Waals surface area contributed by atoms with Crippen LogP contribution in [0.2, 0.25) is 0 Å². The van der Waals surface area contributed by atoms with E-state index in [9.17, 15) is 9.59 Å². The summed E-state index contributed by atoms with van der Waals surface area (Å²) < 4.78 is 11.3. The third kappa shape index (κ3) is 6.29. The zero-order valence-electron chi connectivity index (χ0n) is 20.2. The number of carbonyl (C=O) groups is 2. The van der Waals surface area contributed by atoms with Gasteiger partial charge in [0.15, 0.2) is 5.75 Å². The van der Waals surface area contributed by atoms with Crippen molar-refractivity contribution in [3.8, 4) is 17.4 Å². The van der Waals surface area contributed by atoms with Crippen LogP contribution in [0.15, 0.2) is 67.4 Å². The van der Waals surface area contributed by atoms with E-state index < -0.39 is 0 Å². The second-order valence-corrected chi connectivity index (χ2v) is 8.19. The fraction of sp³-hybridized carbons (Fsp3) is 0.231. The Balaban J connectivity index is 1.42. The molecule has 1 aliphatic rings. The number of rotatable bonds is 9. The number of methoxy groups -OCH3 is 1. The number of nitrogens with one attached hydrogen (secondary N) is 3. The lowest BCUT2D eigenvalue weighted by Crippen LogP contribution is -2.29. The number of ether oxygens (including phenoxy) is 2. The van der Waals surface area contributed by atoms with Crippen LogP contribution in [0.1, 0.15) is 13.3 Å². The molecule has 0 radical (unpaired) electrons. The van der Waals surface area contributed by atoms with Crippen molar-refractivity contribution >= 4 is 34.8 Å². The molecule has 186 valence electrons. The minimum Gasteiger partial charge on any atom is -0.490 e. The van der Waals surface area contributed by atoms with E-state index in [1.165, 1.54) is 19.4 Å². The van der Waals surface area contributed by atoms with Crippen molar-refractivity contribution < 1.29 is 19.1 Å². The molecule has 1 aromatic heterocycles. The second kappa shape index (κ2) is 11.2. The van der Waals surface area contributed by atoms with Crippen molar-refractivity contribution in [2.45, 2.75) is 19.4 Å². The minimum absolute atomic E-state index is 0.105. The molecule has 0 saturated carbocycles. The van der Waals surface area contributed by atoms with Crippen LogP contribution < -0.4 is 25.4 Å². The first kappa shape index (κ1) is 24.5. The number of carbonyl (C=O) groups excluding carboxylic acids is 2. The van der Waals surface area contributed by atoms with Crippen molar-refractivity contribution in [1.82, 2.24) is 14.9 Å². The van der Waals surface area contributed by atoms with Gasteiger partial charge in [0.05, 0.1) is 13.3 Å². The van der Waals surface area contributed by atoms with E-state index in [1.807, 2.05) is 29.2 Å². The molecule has 1 saturated heterocycles. The summed E-state index contributed by atoms with van der Waals surface area (Å²) in [6, 6.07) is 14.9. The van der Waals surface area contributed by atoms with Crippen molar-refractivity contribution in [1.29, 1.82) is 0 Å². The highest BCUT2D eigenvalue weighted by Gasteiger charge is 2.23. The Kier molecular flexibility index (Phi) is 7.64. The van der Waals surface area contributed by atoms with Crippen molar-refractivity contribution in [3.05, 3.63) is 67.4 Å². The van der Waals surface area contributed by atoms with Gasteiger partial charge in [0.25, 0.3) is 5.88 Å². The molecule has 4 rings (SSSR count). The third-order valence-corrected chi connectivity index (χ3v) is 5.59. The maximum atomic E-state index is 11.6. The molecular weight excluding hydrogens is 460 g/mol. The predicted molar refractivity (Wildman–Crippen MR) is 138 cm³/mol. The smallest absolute Gasteiger partial charge is 0.267 e. The molecular formula is C26H28N6O4. The molecule has 1 aliphatic heterocycles. The zero-order chi connectivity index (χ0) is 25.5. The molecule has 10 nitrogen and oxygen atoms in total. The molecule has 0 aliphatic carbocycles. The highest BCUT2D eigenvalue weighted by molar-refractivity contribution is 5.98. The molecule has 10 heteroatoms. The van der Waals surface area contributed by atoms with Crippen LogP contribution in [0.4, 0.5) is 23.0 Å². The van der Waals surface area contributed by atoms with Crippen LogP contribution in [-0.4, -0.2) is 52.9 Å². The lowest BCUT2D eigenvalue weighted by atomic mass is 10.2. The van der Waals surface area contributed by atoms with Gasteiger partial charge in [0.2, 0.25) is 17.8 Å². The predicted octanol–water partition coefficient (Wildman–Crippen LogP) is 4.18. The number of hydrogen-bond acceptors (Lipinski definition) is 8. The van der Waals surface area contributed by atoms with E-state index in [2.05, 4.69) is 32.5 Å². The quantitative estimate of drug-likeness (QED) is 0.384. The second-order valence-electron chi connectivity index (χ2n) is 8.19. The van der Waals surface area contributed by atoms with Gasteiger partial charge in [0.1, 0.15) is 5.75 Å². The minimum atomic E-state index is -0.319. The molecule has 2 heterocycles. The van der Waals surface area contributed by atoms with Gasteiger partial charge in [0, 0.05) is 49.2 Å². The number of aromatic nitrogens is 2. The molecule has 1 unspecified atom stereocenters. The normalized spacial score (nSPS) is 14.6. The Bertz CT molecular complexity index is 1250. The summed E-state index contributed by atoms with van der Waals surface area (Å²) in [5.41, 5.74) is 2.32. The van der Waals surface area contributed by atoms with Gasteiger partial charge in [-0.3, -0.25) is 9.59 Å². The van der Waals surface area contributed by atoms with E-state index in [0.717, 1.165) is 24.3 Å². The molecule has 2 aromatic carbocycles. The van der Waals surface area contributed by atoms with Gasteiger partial charge in [-0.15, -0.1) is 0 Å². The van der Waals surface area contributed by atoms with Crippen molar-refractivity contribution in [2.75, 3.05) is 36.1 Å².